The molecule has 19 heavy (non-hydrogen) atoms. The van der Waals surface area contributed by atoms with Crippen LogP contribution in [0.1, 0.15) is 11.6 Å². The van der Waals surface area contributed by atoms with Gasteiger partial charge in [0.2, 0.25) is 6.41 Å². The van der Waals surface area contributed by atoms with Gasteiger partial charge in [0.25, 0.3) is 0 Å². The second-order valence-electron chi connectivity index (χ2n) is 3.63. The highest BCUT2D eigenvalue weighted by atomic mass is 19.4. The molecular weight excluding hydrogens is 267 g/mol. The molecular formula is C11H10F3NO4. The number of rotatable bonds is 5. The highest BCUT2D eigenvalue weighted by molar-refractivity contribution is 5.78. The van der Waals surface area contributed by atoms with Crippen molar-refractivity contribution in [1.82, 2.24) is 4.90 Å². The Morgan fingerprint density at radius 1 is 1.47 bits per heavy atom. The first kappa shape index (κ1) is 14.8. The maximum absolute atomic E-state index is 12.1. The minimum atomic E-state index is -4.87. The second-order valence-corrected chi connectivity index (χ2v) is 3.63. The highest BCUT2D eigenvalue weighted by Crippen LogP contribution is 2.27. The minimum Gasteiger partial charge on any atom is -0.479 e. The SMILES string of the molecule is CN(C=O)C(C(=O)O)c1cccc(OC(F)(F)F)c1. The van der Waals surface area contributed by atoms with Gasteiger partial charge in [0, 0.05) is 7.05 Å². The van der Waals surface area contributed by atoms with Gasteiger partial charge in [-0.2, -0.15) is 0 Å². The number of carbonyl (C=O) groups excluding carboxylic acids is 1. The Balaban J connectivity index is 3.08. The summed E-state index contributed by atoms with van der Waals surface area (Å²) in [6.45, 7) is 0. The lowest BCUT2D eigenvalue weighted by atomic mass is 10.1. The van der Waals surface area contributed by atoms with E-state index in [9.17, 15) is 22.8 Å². The van der Waals surface area contributed by atoms with Crippen LogP contribution in [0.5, 0.6) is 5.75 Å². The predicted molar refractivity (Wildman–Crippen MR) is 57.3 cm³/mol. The molecule has 1 amide bonds. The molecule has 5 nitrogen and oxygen atoms in total. The van der Waals surface area contributed by atoms with Crippen LogP contribution in [-0.2, 0) is 9.59 Å². The Kier molecular flexibility index (Phi) is 4.36. The molecule has 1 rings (SSSR count). The molecule has 1 unspecified atom stereocenters. The van der Waals surface area contributed by atoms with E-state index in [0.717, 1.165) is 17.0 Å². The van der Waals surface area contributed by atoms with Crippen LogP contribution >= 0.6 is 0 Å². The van der Waals surface area contributed by atoms with Gasteiger partial charge >= 0.3 is 12.3 Å². The molecule has 1 N–H and O–H groups in total. The maximum atomic E-state index is 12.1. The fourth-order valence-corrected chi connectivity index (χ4v) is 1.49. The average Bonchev–Trinajstić information content (AvgIpc) is 2.26. The number of carboxylic acids is 1. The summed E-state index contributed by atoms with van der Waals surface area (Å²) in [6, 6.07) is 3.09. The molecule has 0 fully saturated rings. The van der Waals surface area contributed by atoms with E-state index in [-0.39, 0.29) is 12.0 Å². The third-order valence-corrected chi connectivity index (χ3v) is 2.21. The summed E-state index contributed by atoms with van der Waals surface area (Å²) in [6.07, 6.45) is -4.59. The number of benzene rings is 1. The molecule has 104 valence electrons. The zero-order chi connectivity index (χ0) is 14.6. The van der Waals surface area contributed by atoms with Crippen LogP contribution in [0.4, 0.5) is 13.2 Å². The second kappa shape index (κ2) is 5.59. The number of likely N-dealkylation sites (N-methyl/N-ethyl adjacent to an activating group) is 1. The standard InChI is InChI=1S/C11H10F3NO4/c1-15(6-16)9(10(17)18)7-3-2-4-8(5-7)19-11(12,13)14/h2-6,9H,1H3,(H,17,18). The van der Waals surface area contributed by atoms with Gasteiger partial charge in [-0.1, -0.05) is 12.1 Å². The Morgan fingerprint density at radius 2 is 2.11 bits per heavy atom. The van der Waals surface area contributed by atoms with Crippen molar-refractivity contribution >= 4 is 12.4 Å². The topological polar surface area (TPSA) is 66.8 Å². The van der Waals surface area contributed by atoms with E-state index in [4.69, 9.17) is 5.11 Å². The van der Waals surface area contributed by atoms with E-state index >= 15 is 0 Å². The fraction of sp³-hybridized carbons (Fsp3) is 0.273. The lowest BCUT2D eigenvalue weighted by Gasteiger charge is -2.21. The predicted octanol–water partition coefficient (Wildman–Crippen LogP) is 1.80. The smallest absolute Gasteiger partial charge is 0.479 e. The van der Waals surface area contributed by atoms with Crippen LogP contribution in [0, 0.1) is 0 Å². The monoisotopic (exact) mass is 277 g/mol. The summed E-state index contributed by atoms with van der Waals surface area (Å²) in [7, 11) is 1.21. The summed E-state index contributed by atoms with van der Waals surface area (Å²) in [5.41, 5.74) is 0.00356. The Morgan fingerprint density at radius 3 is 2.58 bits per heavy atom. The Hall–Kier alpha value is -2.25. The van der Waals surface area contributed by atoms with E-state index < -0.39 is 24.1 Å². The normalized spacial score (nSPS) is 12.6. The Bertz CT molecular complexity index is 475. The number of alkyl halides is 3. The van der Waals surface area contributed by atoms with E-state index in [2.05, 4.69) is 4.74 Å². The zero-order valence-electron chi connectivity index (χ0n) is 9.72. The number of nitrogens with zero attached hydrogens (tertiary/aromatic N) is 1. The summed E-state index contributed by atoms with van der Waals surface area (Å²) in [5, 5.41) is 8.99. The largest absolute Gasteiger partial charge is 0.573 e. The van der Waals surface area contributed by atoms with Gasteiger partial charge in [-0.25, -0.2) is 4.79 Å². The molecule has 0 aromatic heterocycles. The van der Waals surface area contributed by atoms with Crippen molar-refractivity contribution in [3.63, 3.8) is 0 Å². The summed E-state index contributed by atoms with van der Waals surface area (Å²) in [5.74, 6) is -1.91. The van der Waals surface area contributed by atoms with Crippen molar-refractivity contribution < 1.29 is 32.6 Å². The van der Waals surface area contributed by atoms with Crippen molar-refractivity contribution in [2.45, 2.75) is 12.4 Å². The summed E-state index contributed by atoms with van der Waals surface area (Å²) in [4.78, 5) is 22.5. The van der Waals surface area contributed by atoms with Gasteiger partial charge in [-0.05, 0) is 17.7 Å². The molecule has 0 aliphatic heterocycles. The van der Waals surface area contributed by atoms with Crippen LogP contribution < -0.4 is 4.74 Å². The number of aliphatic carboxylic acids is 1. The van der Waals surface area contributed by atoms with Crippen LogP contribution in [-0.4, -0.2) is 35.8 Å². The van der Waals surface area contributed by atoms with E-state index in [1.165, 1.54) is 19.2 Å². The van der Waals surface area contributed by atoms with Crippen molar-refractivity contribution in [3.05, 3.63) is 29.8 Å². The average molecular weight is 277 g/mol. The molecule has 0 saturated heterocycles. The first-order valence-corrected chi connectivity index (χ1v) is 5.00. The first-order valence-electron chi connectivity index (χ1n) is 5.00. The van der Waals surface area contributed by atoms with Crippen LogP contribution in [0.2, 0.25) is 0 Å². The lowest BCUT2D eigenvalue weighted by Crippen LogP contribution is -2.29. The molecule has 0 radical (unpaired) electrons. The number of amides is 1. The Labute approximate surface area is 106 Å². The van der Waals surface area contributed by atoms with Crippen LogP contribution in [0.25, 0.3) is 0 Å². The van der Waals surface area contributed by atoms with Crippen molar-refractivity contribution in [2.75, 3.05) is 7.05 Å². The lowest BCUT2D eigenvalue weighted by molar-refractivity contribution is -0.274. The molecule has 0 aliphatic carbocycles. The molecule has 1 aromatic rings. The summed E-state index contributed by atoms with van der Waals surface area (Å²) >= 11 is 0. The van der Waals surface area contributed by atoms with Gasteiger partial charge in [-0.3, -0.25) is 4.79 Å². The molecule has 8 heteroatoms. The number of carbonyl (C=O) groups is 2. The number of carboxylic acid groups (broad SMARTS) is 1. The number of hydrogen-bond acceptors (Lipinski definition) is 3. The first-order chi connectivity index (χ1) is 8.74. The zero-order valence-corrected chi connectivity index (χ0v) is 9.72. The molecule has 1 atom stereocenters. The fourth-order valence-electron chi connectivity index (χ4n) is 1.49. The molecule has 1 aromatic carbocycles. The molecule has 0 bridgehead atoms. The van der Waals surface area contributed by atoms with Crippen molar-refractivity contribution in [2.24, 2.45) is 0 Å². The van der Waals surface area contributed by atoms with E-state index in [1.807, 2.05) is 0 Å². The molecule has 0 saturated carbocycles. The quantitative estimate of drug-likeness (QED) is 0.833. The third kappa shape index (κ3) is 4.16. The van der Waals surface area contributed by atoms with Gasteiger partial charge in [0.05, 0.1) is 0 Å². The molecule has 0 spiro atoms. The van der Waals surface area contributed by atoms with Crippen LogP contribution in [0.15, 0.2) is 24.3 Å². The van der Waals surface area contributed by atoms with E-state index in [0.29, 0.717) is 0 Å². The van der Waals surface area contributed by atoms with Crippen molar-refractivity contribution in [3.8, 4) is 5.75 Å². The van der Waals surface area contributed by atoms with Gasteiger partial charge < -0.3 is 14.7 Å². The van der Waals surface area contributed by atoms with Gasteiger partial charge in [-0.15, -0.1) is 13.2 Å². The van der Waals surface area contributed by atoms with Gasteiger partial charge in [0.1, 0.15) is 5.75 Å². The maximum Gasteiger partial charge on any atom is 0.573 e. The molecule has 0 heterocycles. The van der Waals surface area contributed by atoms with Crippen molar-refractivity contribution in [1.29, 1.82) is 0 Å². The third-order valence-electron chi connectivity index (χ3n) is 2.21. The molecule has 0 aliphatic rings. The number of hydrogen-bond donors (Lipinski definition) is 1. The van der Waals surface area contributed by atoms with E-state index in [1.54, 1.807) is 0 Å². The number of ether oxygens (including phenoxy) is 1. The highest BCUT2D eigenvalue weighted by Gasteiger charge is 2.32. The van der Waals surface area contributed by atoms with Gasteiger partial charge in [0.15, 0.2) is 6.04 Å². The summed E-state index contributed by atoms with van der Waals surface area (Å²) < 4.78 is 39.8. The number of halogens is 3. The van der Waals surface area contributed by atoms with Crippen LogP contribution in [0.3, 0.4) is 0 Å². The minimum absolute atomic E-state index is 0.00356.